The lowest BCUT2D eigenvalue weighted by molar-refractivity contribution is 0.379. The van der Waals surface area contributed by atoms with Crippen LogP contribution in [0.4, 0.5) is 0 Å². The van der Waals surface area contributed by atoms with Gasteiger partial charge >= 0.3 is 0 Å². The summed E-state index contributed by atoms with van der Waals surface area (Å²) in [6.07, 6.45) is 0.849. The summed E-state index contributed by atoms with van der Waals surface area (Å²) >= 11 is 1.53. The van der Waals surface area contributed by atoms with E-state index in [9.17, 15) is 8.42 Å². The Balaban J connectivity index is 1.47. The van der Waals surface area contributed by atoms with Crippen LogP contribution in [-0.4, -0.2) is 30.9 Å². The van der Waals surface area contributed by atoms with Crippen molar-refractivity contribution in [3.63, 3.8) is 0 Å². The van der Waals surface area contributed by atoms with Crippen LogP contribution in [0.3, 0.4) is 0 Å². The van der Waals surface area contributed by atoms with Gasteiger partial charge in [0.1, 0.15) is 0 Å². The van der Waals surface area contributed by atoms with Crippen LogP contribution in [0, 0.1) is 0 Å². The van der Waals surface area contributed by atoms with Crippen LogP contribution in [0.15, 0.2) is 52.4 Å². The van der Waals surface area contributed by atoms with Gasteiger partial charge in [-0.05, 0) is 23.4 Å². The minimum atomic E-state index is -3.32. The van der Waals surface area contributed by atoms with E-state index in [-0.39, 0.29) is 12.3 Å². The molecule has 126 valence electrons. The molecule has 0 unspecified atom stereocenters. The molecule has 0 aliphatic heterocycles. The molecule has 1 N–H and O–H groups in total. The van der Waals surface area contributed by atoms with Crippen LogP contribution >= 0.6 is 11.3 Å². The predicted octanol–water partition coefficient (Wildman–Crippen LogP) is 2.50. The maximum atomic E-state index is 12.0. The maximum Gasteiger partial charge on any atom is 0.228 e. The highest BCUT2D eigenvalue weighted by Gasteiger charge is 2.13. The molecule has 3 rings (SSSR count). The van der Waals surface area contributed by atoms with E-state index in [1.807, 2.05) is 47.8 Å². The number of rotatable bonds is 8. The summed E-state index contributed by atoms with van der Waals surface area (Å²) in [5.41, 5.74) is 1.00. The van der Waals surface area contributed by atoms with Gasteiger partial charge in [-0.3, -0.25) is 0 Å². The van der Waals surface area contributed by atoms with Gasteiger partial charge in [0, 0.05) is 13.0 Å². The average molecular weight is 363 g/mol. The van der Waals surface area contributed by atoms with Gasteiger partial charge in [-0.25, -0.2) is 13.1 Å². The molecule has 0 saturated heterocycles. The first-order valence-corrected chi connectivity index (χ1v) is 10.0. The van der Waals surface area contributed by atoms with Crippen molar-refractivity contribution in [3.8, 4) is 10.7 Å². The molecule has 0 bridgehead atoms. The highest BCUT2D eigenvalue weighted by atomic mass is 32.2. The Bertz CT molecular complexity index is 859. The van der Waals surface area contributed by atoms with Crippen molar-refractivity contribution in [2.75, 3.05) is 12.3 Å². The Labute approximate surface area is 144 Å². The summed E-state index contributed by atoms with van der Waals surface area (Å²) in [6, 6.07) is 13.4. The highest BCUT2D eigenvalue weighted by Crippen LogP contribution is 2.21. The number of sulfonamides is 1. The molecule has 8 heteroatoms. The van der Waals surface area contributed by atoms with Crippen LogP contribution in [-0.2, 0) is 22.9 Å². The summed E-state index contributed by atoms with van der Waals surface area (Å²) in [5.74, 6) is 1.01. The van der Waals surface area contributed by atoms with Crippen LogP contribution in [0.5, 0.6) is 0 Å². The zero-order chi connectivity index (χ0) is 16.8. The summed E-state index contributed by atoms with van der Waals surface area (Å²) in [7, 11) is -3.32. The summed E-state index contributed by atoms with van der Waals surface area (Å²) in [4.78, 5) is 5.19. The molecular formula is C16H17N3O3S2. The lowest BCUT2D eigenvalue weighted by atomic mass is 10.2. The SMILES string of the molecule is O=S(=O)(CCc1ccccc1)NCCc1nc(-c2cccs2)no1. The van der Waals surface area contributed by atoms with Crippen molar-refractivity contribution in [3.05, 3.63) is 59.3 Å². The molecule has 2 aromatic heterocycles. The van der Waals surface area contributed by atoms with E-state index in [1.54, 1.807) is 0 Å². The topological polar surface area (TPSA) is 85.1 Å². The first kappa shape index (κ1) is 16.8. The van der Waals surface area contributed by atoms with Crippen LogP contribution in [0.2, 0.25) is 0 Å². The smallest absolute Gasteiger partial charge is 0.228 e. The molecule has 0 radical (unpaired) electrons. The number of hydrogen-bond donors (Lipinski definition) is 1. The van der Waals surface area contributed by atoms with E-state index in [4.69, 9.17) is 4.52 Å². The van der Waals surface area contributed by atoms with Gasteiger partial charge in [0.25, 0.3) is 0 Å². The molecule has 1 aromatic carbocycles. The lowest BCUT2D eigenvalue weighted by Gasteiger charge is -2.05. The third-order valence-corrected chi connectivity index (χ3v) is 5.62. The van der Waals surface area contributed by atoms with Gasteiger partial charge < -0.3 is 4.52 Å². The van der Waals surface area contributed by atoms with Crippen molar-refractivity contribution in [2.45, 2.75) is 12.8 Å². The minimum Gasteiger partial charge on any atom is -0.339 e. The zero-order valence-electron chi connectivity index (χ0n) is 12.9. The van der Waals surface area contributed by atoms with E-state index >= 15 is 0 Å². The molecule has 6 nitrogen and oxygen atoms in total. The number of aromatic nitrogens is 2. The minimum absolute atomic E-state index is 0.0568. The largest absolute Gasteiger partial charge is 0.339 e. The van der Waals surface area contributed by atoms with Gasteiger partial charge in [-0.2, -0.15) is 4.98 Å². The maximum absolute atomic E-state index is 12.0. The molecule has 0 fully saturated rings. The Morgan fingerprint density at radius 3 is 2.67 bits per heavy atom. The summed E-state index contributed by atoms with van der Waals surface area (Å²) in [6.45, 7) is 0.239. The summed E-state index contributed by atoms with van der Waals surface area (Å²) in [5, 5.41) is 5.83. The normalized spacial score (nSPS) is 11.7. The van der Waals surface area contributed by atoms with E-state index < -0.39 is 10.0 Å². The van der Waals surface area contributed by atoms with Crippen molar-refractivity contribution >= 4 is 21.4 Å². The second kappa shape index (κ2) is 7.69. The molecule has 0 saturated carbocycles. The lowest BCUT2D eigenvalue weighted by Crippen LogP contribution is -2.29. The molecule has 24 heavy (non-hydrogen) atoms. The molecule has 0 amide bonds. The number of nitrogens with one attached hydrogen (secondary N) is 1. The summed E-state index contributed by atoms with van der Waals surface area (Å²) < 4.78 is 31.7. The second-order valence-corrected chi connectivity index (χ2v) is 8.06. The molecule has 0 aliphatic carbocycles. The van der Waals surface area contributed by atoms with Gasteiger partial charge in [-0.1, -0.05) is 41.6 Å². The average Bonchev–Trinajstić information content (AvgIpc) is 3.25. The fourth-order valence-electron chi connectivity index (χ4n) is 2.14. The Kier molecular flexibility index (Phi) is 5.39. The molecule has 0 spiro atoms. The predicted molar refractivity (Wildman–Crippen MR) is 93.3 cm³/mol. The fourth-order valence-corrected chi connectivity index (χ4v) is 3.86. The zero-order valence-corrected chi connectivity index (χ0v) is 14.5. The first-order valence-electron chi connectivity index (χ1n) is 7.50. The van der Waals surface area contributed by atoms with Gasteiger partial charge in [-0.15, -0.1) is 11.3 Å². The van der Waals surface area contributed by atoms with E-state index in [0.29, 0.717) is 24.6 Å². The van der Waals surface area contributed by atoms with Crippen LogP contribution in [0.25, 0.3) is 10.7 Å². The van der Waals surface area contributed by atoms with Crippen molar-refractivity contribution < 1.29 is 12.9 Å². The second-order valence-electron chi connectivity index (χ2n) is 5.19. The van der Waals surface area contributed by atoms with E-state index in [2.05, 4.69) is 14.9 Å². The molecule has 3 aromatic rings. The van der Waals surface area contributed by atoms with Crippen LogP contribution < -0.4 is 4.72 Å². The van der Waals surface area contributed by atoms with Crippen molar-refractivity contribution in [2.24, 2.45) is 0 Å². The standard InChI is InChI=1S/C16H17N3O3S2/c20-24(21,12-9-13-5-2-1-3-6-13)17-10-8-15-18-16(19-22-15)14-7-4-11-23-14/h1-7,11,17H,8-10,12H2. The monoisotopic (exact) mass is 363 g/mol. The number of benzene rings is 1. The highest BCUT2D eigenvalue weighted by molar-refractivity contribution is 7.89. The Morgan fingerprint density at radius 1 is 1.08 bits per heavy atom. The third-order valence-electron chi connectivity index (χ3n) is 3.37. The number of hydrogen-bond acceptors (Lipinski definition) is 6. The Morgan fingerprint density at radius 2 is 1.92 bits per heavy atom. The van der Waals surface area contributed by atoms with Gasteiger partial charge in [0.2, 0.25) is 21.7 Å². The molecule has 0 atom stereocenters. The molecular weight excluding hydrogens is 346 g/mol. The van der Waals surface area contributed by atoms with Crippen LogP contribution in [0.1, 0.15) is 11.5 Å². The van der Waals surface area contributed by atoms with E-state index in [1.165, 1.54) is 11.3 Å². The number of nitrogens with zero attached hydrogens (tertiary/aromatic N) is 2. The fraction of sp³-hybridized carbons (Fsp3) is 0.250. The third kappa shape index (κ3) is 4.73. The quantitative estimate of drug-likeness (QED) is 0.665. The van der Waals surface area contributed by atoms with E-state index in [0.717, 1.165) is 10.4 Å². The number of aryl methyl sites for hydroxylation is 1. The van der Waals surface area contributed by atoms with Crippen molar-refractivity contribution in [1.82, 2.24) is 14.9 Å². The molecule has 2 heterocycles. The Hall–Kier alpha value is -2.03. The van der Waals surface area contributed by atoms with Crippen molar-refractivity contribution in [1.29, 1.82) is 0 Å². The number of thiophene rings is 1. The van der Waals surface area contributed by atoms with Gasteiger partial charge in [0.15, 0.2) is 0 Å². The molecule has 0 aliphatic rings. The van der Waals surface area contributed by atoms with Gasteiger partial charge in [0.05, 0.1) is 10.6 Å². The first-order chi connectivity index (χ1) is 11.6.